The molecule has 14 heavy (non-hydrogen) atoms. The van der Waals surface area contributed by atoms with Crippen LogP contribution >= 0.6 is 0 Å². The highest BCUT2D eigenvalue weighted by Gasteiger charge is 2.17. The van der Waals surface area contributed by atoms with Crippen molar-refractivity contribution in [3.05, 3.63) is 29.8 Å². The van der Waals surface area contributed by atoms with Gasteiger partial charge in [-0.1, -0.05) is 33.4 Å². The first-order valence-corrected chi connectivity index (χ1v) is 4.68. The molecule has 0 aromatic heterocycles. The van der Waals surface area contributed by atoms with E-state index in [2.05, 4.69) is 27.4 Å². The summed E-state index contributed by atoms with van der Waals surface area (Å²) in [6.07, 6.45) is 1.82. The van der Waals surface area contributed by atoms with Gasteiger partial charge in [0.15, 0.2) is 0 Å². The minimum absolute atomic E-state index is 0.0609. The Labute approximate surface area is 85.6 Å². The predicted octanol–water partition coefficient (Wildman–Crippen LogP) is 2.79. The van der Waals surface area contributed by atoms with E-state index in [1.54, 1.807) is 0 Å². The van der Waals surface area contributed by atoms with Gasteiger partial charge in [-0.15, -0.1) is 0 Å². The van der Waals surface area contributed by atoms with Crippen molar-refractivity contribution in [1.82, 2.24) is 0 Å². The molecule has 0 aliphatic carbocycles. The van der Waals surface area contributed by atoms with Gasteiger partial charge >= 0.3 is 0 Å². The van der Waals surface area contributed by atoms with Crippen molar-refractivity contribution in [3.8, 4) is 0 Å². The number of benzene rings is 1. The first kappa shape index (κ1) is 10.6. The summed E-state index contributed by atoms with van der Waals surface area (Å²) in [6, 6.07) is 3.81. The SMILES string of the molecule is C=Cc1cc(N)c(N)cc1C(C)(C)C. The molecule has 0 amide bonds. The molecule has 1 rings (SSSR count). The van der Waals surface area contributed by atoms with Crippen LogP contribution < -0.4 is 11.5 Å². The van der Waals surface area contributed by atoms with Crippen molar-refractivity contribution in [2.24, 2.45) is 0 Å². The van der Waals surface area contributed by atoms with Crippen molar-refractivity contribution >= 4 is 17.5 Å². The Morgan fingerprint density at radius 3 is 2.07 bits per heavy atom. The summed E-state index contributed by atoms with van der Waals surface area (Å²) in [5.41, 5.74) is 15.1. The number of nitrogens with two attached hydrogens (primary N) is 2. The maximum absolute atomic E-state index is 5.78. The molecule has 0 saturated carbocycles. The molecule has 0 aliphatic heterocycles. The van der Waals surface area contributed by atoms with Crippen LogP contribution in [0.25, 0.3) is 6.08 Å². The Hall–Kier alpha value is -1.44. The first-order valence-electron chi connectivity index (χ1n) is 4.68. The van der Waals surface area contributed by atoms with Gasteiger partial charge in [0.25, 0.3) is 0 Å². The molecule has 0 bridgehead atoms. The van der Waals surface area contributed by atoms with Gasteiger partial charge in [-0.25, -0.2) is 0 Å². The van der Waals surface area contributed by atoms with Gasteiger partial charge in [0.1, 0.15) is 0 Å². The standard InChI is InChI=1S/C12H18N2/c1-5-8-6-10(13)11(14)7-9(8)12(2,3)4/h5-7H,1,13-14H2,2-4H3. The molecule has 0 atom stereocenters. The van der Waals surface area contributed by atoms with E-state index < -0.39 is 0 Å². The van der Waals surface area contributed by atoms with Crippen molar-refractivity contribution in [1.29, 1.82) is 0 Å². The minimum Gasteiger partial charge on any atom is -0.397 e. The monoisotopic (exact) mass is 190 g/mol. The van der Waals surface area contributed by atoms with Gasteiger partial charge in [-0.2, -0.15) is 0 Å². The van der Waals surface area contributed by atoms with Gasteiger partial charge in [-0.05, 0) is 28.7 Å². The minimum atomic E-state index is 0.0609. The van der Waals surface area contributed by atoms with E-state index in [1.165, 1.54) is 5.56 Å². The highest BCUT2D eigenvalue weighted by molar-refractivity contribution is 5.71. The Kier molecular flexibility index (Phi) is 2.56. The third-order valence-electron chi connectivity index (χ3n) is 2.28. The topological polar surface area (TPSA) is 52.0 Å². The lowest BCUT2D eigenvalue weighted by atomic mass is 9.83. The highest BCUT2D eigenvalue weighted by Crippen LogP contribution is 2.31. The van der Waals surface area contributed by atoms with Gasteiger partial charge in [-0.3, -0.25) is 0 Å². The third-order valence-corrected chi connectivity index (χ3v) is 2.28. The number of anilines is 2. The second-order valence-electron chi connectivity index (χ2n) is 4.52. The second-order valence-corrected chi connectivity index (χ2v) is 4.52. The summed E-state index contributed by atoms with van der Waals surface area (Å²) in [5.74, 6) is 0. The van der Waals surface area contributed by atoms with E-state index in [0.717, 1.165) is 5.56 Å². The first-order chi connectivity index (χ1) is 6.36. The van der Waals surface area contributed by atoms with Crippen molar-refractivity contribution < 1.29 is 0 Å². The third kappa shape index (κ3) is 1.90. The summed E-state index contributed by atoms with van der Waals surface area (Å²) in [6.45, 7) is 10.2. The molecule has 0 saturated heterocycles. The Bertz CT molecular complexity index is 359. The average molecular weight is 190 g/mol. The number of rotatable bonds is 1. The maximum Gasteiger partial charge on any atom is 0.0554 e. The van der Waals surface area contributed by atoms with E-state index >= 15 is 0 Å². The summed E-state index contributed by atoms with van der Waals surface area (Å²) in [4.78, 5) is 0. The fourth-order valence-corrected chi connectivity index (χ4v) is 1.47. The predicted molar refractivity (Wildman–Crippen MR) is 64.1 cm³/mol. The van der Waals surface area contributed by atoms with Gasteiger partial charge in [0.2, 0.25) is 0 Å². The normalized spacial score (nSPS) is 11.4. The van der Waals surface area contributed by atoms with E-state index in [4.69, 9.17) is 11.5 Å². The summed E-state index contributed by atoms with van der Waals surface area (Å²) in [5, 5.41) is 0. The lowest BCUT2D eigenvalue weighted by molar-refractivity contribution is 0.589. The van der Waals surface area contributed by atoms with Gasteiger partial charge < -0.3 is 11.5 Å². The van der Waals surface area contributed by atoms with Crippen molar-refractivity contribution in [3.63, 3.8) is 0 Å². The summed E-state index contributed by atoms with van der Waals surface area (Å²) in [7, 11) is 0. The van der Waals surface area contributed by atoms with Gasteiger partial charge in [0.05, 0.1) is 11.4 Å². The van der Waals surface area contributed by atoms with E-state index in [9.17, 15) is 0 Å². The molecule has 4 N–H and O–H groups in total. The summed E-state index contributed by atoms with van der Waals surface area (Å²) >= 11 is 0. The van der Waals surface area contributed by atoms with Crippen LogP contribution in [0.15, 0.2) is 18.7 Å². The molecule has 76 valence electrons. The lowest BCUT2D eigenvalue weighted by Crippen LogP contribution is -2.14. The molecule has 2 nitrogen and oxygen atoms in total. The molecule has 0 spiro atoms. The number of hydrogen-bond donors (Lipinski definition) is 2. The largest absolute Gasteiger partial charge is 0.397 e. The molecule has 0 aliphatic rings. The lowest BCUT2D eigenvalue weighted by Gasteiger charge is -2.22. The van der Waals surface area contributed by atoms with E-state index in [1.807, 2.05) is 18.2 Å². The van der Waals surface area contributed by atoms with Crippen LogP contribution in [-0.2, 0) is 5.41 Å². The fourth-order valence-electron chi connectivity index (χ4n) is 1.47. The van der Waals surface area contributed by atoms with Crippen LogP contribution in [0, 0.1) is 0 Å². The molecular weight excluding hydrogens is 172 g/mol. The molecule has 0 fully saturated rings. The molecule has 0 unspecified atom stereocenters. The highest BCUT2D eigenvalue weighted by atomic mass is 14.7. The smallest absolute Gasteiger partial charge is 0.0554 e. The molecule has 0 radical (unpaired) electrons. The molecule has 2 heteroatoms. The summed E-state index contributed by atoms with van der Waals surface area (Å²) < 4.78 is 0. The van der Waals surface area contributed by atoms with Crippen LogP contribution in [0.5, 0.6) is 0 Å². The van der Waals surface area contributed by atoms with Crippen molar-refractivity contribution in [2.75, 3.05) is 11.5 Å². The van der Waals surface area contributed by atoms with E-state index in [0.29, 0.717) is 11.4 Å². The molecule has 0 heterocycles. The van der Waals surface area contributed by atoms with Crippen LogP contribution in [0.2, 0.25) is 0 Å². The van der Waals surface area contributed by atoms with Crippen molar-refractivity contribution in [2.45, 2.75) is 26.2 Å². The van der Waals surface area contributed by atoms with E-state index in [-0.39, 0.29) is 5.41 Å². The Morgan fingerprint density at radius 1 is 1.14 bits per heavy atom. The zero-order valence-corrected chi connectivity index (χ0v) is 9.09. The maximum atomic E-state index is 5.78. The molecule has 1 aromatic carbocycles. The molecular formula is C12H18N2. The zero-order valence-electron chi connectivity index (χ0n) is 9.09. The number of hydrogen-bond acceptors (Lipinski definition) is 2. The zero-order chi connectivity index (χ0) is 10.9. The Morgan fingerprint density at radius 2 is 1.64 bits per heavy atom. The quantitative estimate of drug-likeness (QED) is 0.669. The second kappa shape index (κ2) is 3.37. The number of nitrogen functional groups attached to an aromatic ring is 2. The van der Waals surface area contributed by atoms with Crippen LogP contribution in [0.3, 0.4) is 0 Å². The fraction of sp³-hybridized carbons (Fsp3) is 0.333. The van der Waals surface area contributed by atoms with Crippen LogP contribution in [0.1, 0.15) is 31.9 Å². The van der Waals surface area contributed by atoms with Crippen LogP contribution in [0.4, 0.5) is 11.4 Å². The van der Waals surface area contributed by atoms with Gasteiger partial charge in [0, 0.05) is 0 Å². The van der Waals surface area contributed by atoms with Crippen LogP contribution in [-0.4, -0.2) is 0 Å². The Balaban J connectivity index is 3.42. The average Bonchev–Trinajstić information content (AvgIpc) is 2.07. The molecule has 1 aromatic rings.